The minimum atomic E-state index is -0.422. The molecular weight excluding hydrogens is 304 g/mol. The van der Waals surface area contributed by atoms with Crippen LogP contribution in [0.1, 0.15) is 17.4 Å². The number of ether oxygens (including phenoxy) is 1. The zero-order valence-corrected chi connectivity index (χ0v) is 12.5. The molecule has 3 aromatic rings. The molecule has 22 heavy (non-hydrogen) atoms. The molecule has 0 unspecified atom stereocenters. The maximum absolute atomic E-state index is 11.8. The average Bonchev–Trinajstić information content (AvgIpc) is 2.93. The standard InChI is InChI=1S/C15H13ClN4O2/c1-2-22-15(21)12-7-11-13(17-8-18-14(11)20-12)19-10-5-3-4-9(16)6-10/h3-8H,2H2,1H3,(H2,17,18,19,20). The lowest BCUT2D eigenvalue weighted by Crippen LogP contribution is -2.04. The molecule has 0 amide bonds. The van der Waals surface area contributed by atoms with Gasteiger partial charge in [0.2, 0.25) is 0 Å². The second-order valence-corrected chi connectivity index (χ2v) is 4.96. The van der Waals surface area contributed by atoms with Crippen LogP contribution in [-0.4, -0.2) is 27.5 Å². The molecule has 0 fully saturated rings. The van der Waals surface area contributed by atoms with Gasteiger partial charge in [-0.1, -0.05) is 17.7 Å². The molecule has 0 aliphatic carbocycles. The van der Waals surface area contributed by atoms with Crippen molar-refractivity contribution >= 4 is 40.1 Å². The zero-order chi connectivity index (χ0) is 15.5. The fourth-order valence-electron chi connectivity index (χ4n) is 2.06. The number of hydrogen-bond donors (Lipinski definition) is 2. The van der Waals surface area contributed by atoms with Crippen molar-refractivity contribution in [3.63, 3.8) is 0 Å². The Balaban J connectivity index is 1.97. The first-order valence-electron chi connectivity index (χ1n) is 6.71. The minimum absolute atomic E-state index is 0.313. The predicted molar refractivity (Wildman–Crippen MR) is 84.6 cm³/mol. The molecule has 2 heterocycles. The highest BCUT2D eigenvalue weighted by Gasteiger charge is 2.14. The number of carbonyl (C=O) groups excluding carboxylic acids is 1. The van der Waals surface area contributed by atoms with E-state index in [2.05, 4.69) is 20.3 Å². The molecule has 7 heteroatoms. The first kappa shape index (κ1) is 14.3. The minimum Gasteiger partial charge on any atom is -0.461 e. The third-order valence-electron chi connectivity index (χ3n) is 3.01. The number of nitrogens with one attached hydrogen (secondary N) is 2. The number of esters is 1. The van der Waals surface area contributed by atoms with Gasteiger partial charge in [0.25, 0.3) is 0 Å². The summed E-state index contributed by atoms with van der Waals surface area (Å²) in [6.07, 6.45) is 1.42. The molecule has 112 valence electrons. The molecule has 2 N–H and O–H groups in total. The third-order valence-corrected chi connectivity index (χ3v) is 3.24. The lowest BCUT2D eigenvalue weighted by Gasteiger charge is -2.06. The quantitative estimate of drug-likeness (QED) is 0.720. The largest absolute Gasteiger partial charge is 0.461 e. The molecule has 0 spiro atoms. The molecule has 0 radical (unpaired) electrons. The van der Waals surface area contributed by atoms with Crippen LogP contribution in [0.4, 0.5) is 11.5 Å². The van der Waals surface area contributed by atoms with E-state index in [9.17, 15) is 4.79 Å². The second kappa shape index (κ2) is 6.03. The van der Waals surface area contributed by atoms with E-state index in [0.717, 1.165) is 5.69 Å². The summed E-state index contributed by atoms with van der Waals surface area (Å²) in [5, 5.41) is 4.49. The van der Waals surface area contributed by atoms with E-state index in [4.69, 9.17) is 16.3 Å². The number of anilines is 2. The van der Waals surface area contributed by atoms with Gasteiger partial charge >= 0.3 is 5.97 Å². The Morgan fingerprint density at radius 1 is 1.36 bits per heavy atom. The summed E-state index contributed by atoms with van der Waals surface area (Å²) >= 11 is 5.97. The van der Waals surface area contributed by atoms with Crippen molar-refractivity contribution in [2.24, 2.45) is 0 Å². The summed E-state index contributed by atoms with van der Waals surface area (Å²) < 4.78 is 4.98. The van der Waals surface area contributed by atoms with Gasteiger partial charge in [0, 0.05) is 10.7 Å². The molecule has 0 saturated carbocycles. The number of benzene rings is 1. The lowest BCUT2D eigenvalue weighted by molar-refractivity contribution is 0.0520. The molecule has 0 aliphatic heterocycles. The summed E-state index contributed by atoms with van der Waals surface area (Å²) in [6.45, 7) is 2.07. The number of hydrogen-bond acceptors (Lipinski definition) is 5. The fraction of sp³-hybridized carbons (Fsp3) is 0.133. The summed E-state index contributed by atoms with van der Waals surface area (Å²) in [4.78, 5) is 23.1. The number of nitrogens with zero attached hydrogens (tertiary/aromatic N) is 2. The van der Waals surface area contributed by atoms with Gasteiger partial charge < -0.3 is 15.0 Å². The smallest absolute Gasteiger partial charge is 0.354 e. The average molecular weight is 317 g/mol. The third kappa shape index (κ3) is 2.87. The van der Waals surface area contributed by atoms with Gasteiger partial charge in [-0.05, 0) is 31.2 Å². The molecule has 6 nitrogen and oxygen atoms in total. The van der Waals surface area contributed by atoms with E-state index in [0.29, 0.717) is 34.2 Å². The number of aromatic amines is 1. The van der Waals surface area contributed by atoms with Crippen molar-refractivity contribution in [3.8, 4) is 0 Å². The van der Waals surface area contributed by atoms with Crippen molar-refractivity contribution in [1.82, 2.24) is 15.0 Å². The van der Waals surface area contributed by atoms with Crippen LogP contribution in [-0.2, 0) is 4.74 Å². The summed E-state index contributed by atoms with van der Waals surface area (Å²) in [5.41, 5.74) is 1.69. The summed E-state index contributed by atoms with van der Waals surface area (Å²) in [6, 6.07) is 8.95. The maximum Gasteiger partial charge on any atom is 0.354 e. The van der Waals surface area contributed by atoms with Gasteiger partial charge in [-0.15, -0.1) is 0 Å². The Hall–Kier alpha value is -2.60. The number of H-pyrrole nitrogens is 1. The molecule has 0 atom stereocenters. The van der Waals surface area contributed by atoms with E-state index >= 15 is 0 Å². The van der Waals surface area contributed by atoms with E-state index in [1.165, 1.54) is 6.33 Å². The molecule has 3 rings (SSSR count). The normalized spacial score (nSPS) is 10.6. The highest BCUT2D eigenvalue weighted by Crippen LogP contribution is 2.25. The first-order chi connectivity index (χ1) is 10.7. The number of rotatable bonds is 4. The van der Waals surface area contributed by atoms with Crippen molar-refractivity contribution in [2.75, 3.05) is 11.9 Å². The Morgan fingerprint density at radius 2 is 2.23 bits per heavy atom. The van der Waals surface area contributed by atoms with Crippen LogP contribution >= 0.6 is 11.6 Å². The fourth-order valence-corrected chi connectivity index (χ4v) is 2.25. The molecule has 2 aromatic heterocycles. The van der Waals surface area contributed by atoms with Gasteiger partial charge in [-0.2, -0.15) is 0 Å². The van der Waals surface area contributed by atoms with Crippen molar-refractivity contribution < 1.29 is 9.53 Å². The van der Waals surface area contributed by atoms with Crippen LogP contribution in [0.25, 0.3) is 11.0 Å². The van der Waals surface area contributed by atoms with Crippen molar-refractivity contribution in [2.45, 2.75) is 6.92 Å². The number of carbonyl (C=O) groups is 1. The van der Waals surface area contributed by atoms with Crippen LogP contribution in [0.5, 0.6) is 0 Å². The van der Waals surface area contributed by atoms with Crippen LogP contribution in [0, 0.1) is 0 Å². The Labute approximate surface area is 131 Å². The summed E-state index contributed by atoms with van der Waals surface area (Å²) in [5.74, 6) is 0.160. The van der Waals surface area contributed by atoms with Gasteiger partial charge in [-0.3, -0.25) is 0 Å². The highest BCUT2D eigenvalue weighted by atomic mass is 35.5. The molecule has 0 saturated heterocycles. The second-order valence-electron chi connectivity index (χ2n) is 4.52. The van der Waals surface area contributed by atoms with Crippen molar-refractivity contribution in [3.05, 3.63) is 47.4 Å². The van der Waals surface area contributed by atoms with Gasteiger partial charge in [0.1, 0.15) is 23.5 Å². The van der Waals surface area contributed by atoms with Crippen LogP contribution in [0.3, 0.4) is 0 Å². The Kier molecular flexibility index (Phi) is 3.93. The molecular formula is C15H13ClN4O2. The predicted octanol–water partition coefficient (Wildman–Crippen LogP) is 3.53. The molecule has 0 aliphatic rings. The maximum atomic E-state index is 11.8. The SMILES string of the molecule is CCOC(=O)c1cc2c(Nc3cccc(Cl)c3)ncnc2[nH]1. The van der Waals surface area contributed by atoms with Gasteiger partial charge in [-0.25, -0.2) is 14.8 Å². The molecule has 1 aromatic carbocycles. The molecule has 0 bridgehead atoms. The van der Waals surface area contributed by atoms with Gasteiger partial charge in [0.05, 0.1) is 12.0 Å². The number of aromatic nitrogens is 3. The van der Waals surface area contributed by atoms with E-state index in [1.807, 2.05) is 12.1 Å². The van der Waals surface area contributed by atoms with E-state index < -0.39 is 5.97 Å². The first-order valence-corrected chi connectivity index (χ1v) is 7.08. The van der Waals surface area contributed by atoms with E-state index in [1.54, 1.807) is 25.1 Å². The summed E-state index contributed by atoms with van der Waals surface area (Å²) in [7, 11) is 0. The van der Waals surface area contributed by atoms with Crippen LogP contribution in [0.15, 0.2) is 36.7 Å². The van der Waals surface area contributed by atoms with Crippen LogP contribution < -0.4 is 5.32 Å². The number of halogens is 1. The highest BCUT2D eigenvalue weighted by molar-refractivity contribution is 6.30. The van der Waals surface area contributed by atoms with Crippen molar-refractivity contribution in [1.29, 1.82) is 0 Å². The van der Waals surface area contributed by atoms with E-state index in [-0.39, 0.29) is 0 Å². The zero-order valence-electron chi connectivity index (χ0n) is 11.8. The lowest BCUT2D eigenvalue weighted by atomic mass is 10.3. The monoisotopic (exact) mass is 316 g/mol. The topological polar surface area (TPSA) is 79.9 Å². The Morgan fingerprint density at radius 3 is 3.00 bits per heavy atom. The Bertz CT molecular complexity index is 831. The van der Waals surface area contributed by atoms with Gasteiger partial charge in [0.15, 0.2) is 0 Å². The number of fused-ring (bicyclic) bond motifs is 1. The van der Waals surface area contributed by atoms with Crippen LogP contribution in [0.2, 0.25) is 5.02 Å².